The molecule has 0 bridgehead atoms. The van der Waals surface area contributed by atoms with Crippen molar-refractivity contribution >= 4 is 29.1 Å². The Balaban J connectivity index is 2.03. The third-order valence-electron chi connectivity index (χ3n) is 4.98. The van der Waals surface area contributed by atoms with Gasteiger partial charge in [-0.2, -0.15) is 5.26 Å². The molecule has 0 saturated carbocycles. The van der Waals surface area contributed by atoms with Gasteiger partial charge in [0, 0.05) is 22.8 Å². The summed E-state index contributed by atoms with van der Waals surface area (Å²) in [5, 5.41) is 9.94. The number of aryl methyl sites for hydroxylation is 2. The summed E-state index contributed by atoms with van der Waals surface area (Å²) in [5.74, 6) is -0.750. The maximum Gasteiger partial charge on any atom is 0.256 e. The van der Waals surface area contributed by atoms with Crippen molar-refractivity contribution in [2.45, 2.75) is 39.7 Å². The van der Waals surface area contributed by atoms with Crippen LogP contribution in [0.3, 0.4) is 0 Å². The van der Waals surface area contributed by atoms with Gasteiger partial charge in [0.1, 0.15) is 0 Å². The topological polar surface area (TPSA) is 77.0 Å². The van der Waals surface area contributed by atoms with Gasteiger partial charge in [0.25, 0.3) is 11.5 Å². The van der Waals surface area contributed by atoms with Crippen molar-refractivity contribution in [1.82, 2.24) is 9.88 Å². The molecule has 140 valence electrons. The van der Waals surface area contributed by atoms with Crippen LogP contribution in [-0.2, 0) is 13.0 Å². The lowest BCUT2D eigenvalue weighted by Gasteiger charge is -2.31. The summed E-state index contributed by atoms with van der Waals surface area (Å²) in [4.78, 5) is 29.8. The molecule has 7 heteroatoms. The molecule has 0 radical (unpaired) electrons. The zero-order valence-electron chi connectivity index (χ0n) is 15.3. The number of hydrogen-bond acceptors (Lipinski definition) is 3. The van der Waals surface area contributed by atoms with E-state index < -0.39 is 5.92 Å². The van der Waals surface area contributed by atoms with Crippen LogP contribution in [0.2, 0.25) is 10.0 Å². The number of aromatic nitrogens is 1. The summed E-state index contributed by atoms with van der Waals surface area (Å²) in [5.41, 5.74) is 3.57. The summed E-state index contributed by atoms with van der Waals surface area (Å²) >= 11 is 12.9. The SMILES string of the molecule is Cc1cc(C)c(CN2CCc3c(Cl)cc(C(C)C#N)c(Cl)c3C2=O)c(=O)[nH]1. The van der Waals surface area contributed by atoms with E-state index >= 15 is 0 Å². The number of amides is 1. The molecule has 1 atom stereocenters. The number of fused-ring (bicyclic) bond motifs is 1. The van der Waals surface area contributed by atoms with E-state index in [9.17, 15) is 14.9 Å². The standard InChI is InChI=1S/C20H19Cl2N3O2/c1-10-6-12(3)24-19(26)15(10)9-25-5-4-13-16(21)7-14(11(2)8-23)18(22)17(13)20(25)27/h6-7,11H,4-5,9H2,1-3H3,(H,24,26). The normalized spacial score (nSPS) is 14.7. The Kier molecular flexibility index (Phi) is 5.32. The quantitative estimate of drug-likeness (QED) is 0.836. The lowest BCUT2D eigenvalue weighted by molar-refractivity contribution is 0.0726. The third-order valence-corrected chi connectivity index (χ3v) is 5.73. The van der Waals surface area contributed by atoms with Crippen molar-refractivity contribution in [2.75, 3.05) is 6.54 Å². The van der Waals surface area contributed by atoms with Crippen molar-refractivity contribution in [2.24, 2.45) is 0 Å². The largest absolute Gasteiger partial charge is 0.334 e. The number of nitrogens with one attached hydrogen (secondary N) is 1. The second-order valence-electron chi connectivity index (χ2n) is 6.89. The Labute approximate surface area is 167 Å². The minimum Gasteiger partial charge on any atom is -0.334 e. The molecular weight excluding hydrogens is 385 g/mol. The monoisotopic (exact) mass is 403 g/mol. The molecule has 3 rings (SSSR count). The van der Waals surface area contributed by atoms with E-state index in [0.29, 0.717) is 40.2 Å². The zero-order chi connectivity index (χ0) is 19.9. The van der Waals surface area contributed by atoms with Crippen LogP contribution in [0, 0.1) is 25.2 Å². The number of nitriles is 1. The van der Waals surface area contributed by atoms with E-state index in [0.717, 1.165) is 11.3 Å². The predicted molar refractivity (Wildman–Crippen MR) is 105 cm³/mol. The van der Waals surface area contributed by atoms with E-state index in [4.69, 9.17) is 23.2 Å². The zero-order valence-corrected chi connectivity index (χ0v) is 16.8. The maximum absolute atomic E-state index is 13.1. The molecule has 0 spiro atoms. The first-order valence-electron chi connectivity index (χ1n) is 8.63. The first-order chi connectivity index (χ1) is 12.7. The van der Waals surface area contributed by atoms with Crippen molar-refractivity contribution in [3.63, 3.8) is 0 Å². The van der Waals surface area contributed by atoms with Gasteiger partial charge in [-0.25, -0.2) is 0 Å². The van der Waals surface area contributed by atoms with Crippen LogP contribution < -0.4 is 5.56 Å². The van der Waals surface area contributed by atoms with Crippen molar-refractivity contribution < 1.29 is 4.79 Å². The number of pyridine rings is 1. The average molecular weight is 404 g/mol. The summed E-state index contributed by atoms with van der Waals surface area (Å²) in [6, 6.07) is 5.69. The highest BCUT2D eigenvalue weighted by molar-refractivity contribution is 6.37. The fourth-order valence-electron chi connectivity index (χ4n) is 3.46. The molecule has 2 heterocycles. The first kappa shape index (κ1) is 19.5. The molecule has 1 aliphatic heterocycles. The summed E-state index contributed by atoms with van der Waals surface area (Å²) < 4.78 is 0. The van der Waals surface area contributed by atoms with Gasteiger partial charge in [-0.1, -0.05) is 23.2 Å². The van der Waals surface area contributed by atoms with Gasteiger partial charge in [0.15, 0.2) is 0 Å². The second kappa shape index (κ2) is 7.38. The molecule has 1 unspecified atom stereocenters. The molecule has 2 aromatic rings. The van der Waals surface area contributed by atoms with Gasteiger partial charge >= 0.3 is 0 Å². The van der Waals surface area contributed by atoms with Gasteiger partial charge in [-0.3, -0.25) is 9.59 Å². The molecular formula is C20H19Cl2N3O2. The van der Waals surface area contributed by atoms with Gasteiger partial charge < -0.3 is 9.88 Å². The number of benzene rings is 1. The van der Waals surface area contributed by atoms with Gasteiger partial charge in [0.2, 0.25) is 0 Å². The van der Waals surface area contributed by atoms with E-state index in [1.54, 1.807) is 17.9 Å². The highest BCUT2D eigenvalue weighted by Crippen LogP contribution is 2.38. The number of H-pyrrole nitrogens is 1. The van der Waals surface area contributed by atoms with Gasteiger partial charge in [0.05, 0.1) is 29.1 Å². The molecule has 0 aliphatic carbocycles. The van der Waals surface area contributed by atoms with E-state index in [2.05, 4.69) is 11.1 Å². The minimum absolute atomic E-state index is 0.193. The van der Waals surface area contributed by atoms with Crippen LogP contribution in [0.5, 0.6) is 0 Å². The number of carbonyl (C=O) groups excluding carboxylic acids is 1. The molecule has 0 fully saturated rings. The van der Waals surface area contributed by atoms with E-state index in [-0.39, 0.29) is 23.0 Å². The fraction of sp³-hybridized carbons (Fsp3) is 0.350. The van der Waals surface area contributed by atoms with Crippen LogP contribution in [0.1, 0.15) is 51.1 Å². The first-order valence-corrected chi connectivity index (χ1v) is 9.39. The minimum atomic E-state index is -0.481. The number of rotatable bonds is 3. The number of carbonyl (C=O) groups is 1. The van der Waals surface area contributed by atoms with Crippen molar-refractivity contribution in [1.29, 1.82) is 5.26 Å². The van der Waals surface area contributed by atoms with Crippen LogP contribution in [-0.4, -0.2) is 22.3 Å². The Morgan fingerprint density at radius 2 is 2.00 bits per heavy atom. The molecule has 1 aromatic heterocycles. The number of halogens is 2. The van der Waals surface area contributed by atoms with Crippen LogP contribution in [0.4, 0.5) is 0 Å². The Morgan fingerprint density at radius 3 is 2.63 bits per heavy atom. The Bertz CT molecular complexity index is 1040. The van der Waals surface area contributed by atoms with Crippen molar-refractivity contribution in [3.8, 4) is 6.07 Å². The summed E-state index contributed by atoms with van der Waals surface area (Å²) in [6.45, 7) is 6.04. The lowest BCUT2D eigenvalue weighted by atomic mass is 9.92. The van der Waals surface area contributed by atoms with Crippen molar-refractivity contribution in [3.05, 3.63) is 66.0 Å². The smallest absolute Gasteiger partial charge is 0.256 e. The van der Waals surface area contributed by atoms with Gasteiger partial charge in [-0.05, 0) is 56.0 Å². The van der Waals surface area contributed by atoms with Crippen LogP contribution in [0.15, 0.2) is 16.9 Å². The molecule has 5 nitrogen and oxygen atoms in total. The van der Waals surface area contributed by atoms with Gasteiger partial charge in [-0.15, -0.1) is 0 Å². The summed E-state index contributed by atoms with van der Waals surface area (Å²) in [6.07, 6.45) is 0.545. The molecule has 1 amide bonds. The maximum atomic E-state index is 13.1. The Hall–Kier alpha value is -2.29. The van der Waals surface area contributed by atoms with E-state index in [1.807, 2.05) is 19.9 Å². The number of aromatic amines is 1. The summed E-state index contributed by atoms with van der Waals surface area (Å²) in [7, 11) is 0. The molecule has 1 aromatic carbocycles. The molecule has 1 aliphatic rings. The van der Waals surface area contributed by atoms with E-state index in [1.165, 1.54) is 0 Å². The number of hydrogen-bond donors (Lipinski definition) is 1. The molecule has 27 heavy (non-hydrogen) atoms. The highest BCUT2D eigenvalue weighted by atomic mass is 35.5. The highest BCUT2D eigenvalue weighted by Gasteiger charge is 2.31. The average Bonchev–Trinajstić information content (AvgIpc) is 2.61. The Morgan fingerprint density at radius 1 is 1.30 bits per heavy atom. The fourth-order valence-corrected chi connectivity index (χ4v) is 4.18. The predicted octanol–water partition coefficient (Wildman–Crippen LogP) is 4.12. The molecule has 1 N–H and O–H groups in total. The third kappa shape index (κ3) is 3.47. The lowest BCUT2D eigenvalue weighted by Crippen LogP contribution is -2.39. The van der Waals surface area contributed by atoms with Crippen LogP contribution >= 0.6 is 23.2 Å². The second-order valence-corrected chi connectivity index (χ2v) is 7.67. The molecule has 0 saturated heterocycles. The van der Waals surface area contributed by atoms with Crippen LogP contribution in [0.25, 0.3) is 0 Å². The number of nitrogens with zero attached hydrogens (tertiary/aromatic N) is 2.